The van der Waals surface area contributed by atoms with Gasteiger partial charge in [-0.3, -0.25) is 0 Å². The number of benzene rings is 1. The summed E-state index contributed by atoms with van der Waals surface area (Å²) in [6, 6.07) is 6.71. The molecule has 0 atom stereocenters. The predicted octanol–water partition coefficient (Wildman–Crippen LogP) is 2.60. The van der Waals surface area contributed by atoms with E-state index >= 15 is 0 Å². The van der Waals surface area contributed by atoms with E-state index in [1.807, 2.05) is 19.1 Å². The first-order chi connectivity index (χ1) is 7.33. The van der Waals surface area contributed by atoms with Crippen molar-refractivity contribution < 1.29 is 0 Å². The summed E-state index contributed by atoms with van der Waals surface area (Å²) < 4.78 is 0. The fourth-order valence-electron chi connectivity index (χ4n) is 1.22. The summed E-state index contributed by atoms with van der Waals surface area (Å²) >= 11 is 0. The molecule has 71 valence electrons. The Bertz CT molecular complexity index is 490. The largest absolute Gasteiger partial charge is 0.101 e. The maximum Gasteiger partial charge on any atom is 0.0558 e. The molecule has 0 aliphatic heterocycles. The highest BCUT2D eigenvalue weighted by molar-refractivity contribution is 5.58. The third kappa shape index (κ3) is 2.67. The van der Waals surface area contributed by atoms with Gasteiger partial charge in [-0.25, -0.2) is 0 Å². The topological polar surface area (TPSA) is 0 Å². The molecule has 0 amide bonds. The Morgan fingerprint density at radius 3 is 1.67 bits per heavy atom. The van der Waals surface area contributed by atoms with Gasteiger partial charge in [0.25, 0.3) is 0 Å². The third-order valence-corrected chi connectivity index (χ3v) is 1.76. The molecule has 0 nitrogen and oxygen atoms in total. The van der Waals surface area contributed by atoms with Crippen LogP contribution < -0.4 is 0 Å². The summed E-state index contributed by atoms with van der Waals surface area (Å²) in [5.41, 5.74) is 2.69. The van der Waals surface area contributed by atoms with Crippen LogP contribution in [0.5, 0.6) is 0 Å². The smallest absolute Gasteiger partial charge is 0.0558 e. The monoisotopic (exact) mass is 191 g/mol. The van der Waals surface area contributed by atoms with E-state index in [4.69, 9.17) is 0 Å². The lowest BCUT2D eigenvalue weighted by molar-refractivity contribution is 1.52. The van der Waals surface area contributed by atoms with Crippen LogP contribution in [0.2, 0.25) is 0 Å². The zero-order chi connectivity index (χ0) is 11.1. The molecule has 0 heteroatoms. The molecule has 0 aromatic heterocycles. The number of hydrogen-bond acceptors (Lipinski definition) is 0. The molecule has 0 saturated heterocycles. The molecule has 0 heterocycles. The van der Waals surface area contributed by atoms with Crippen molar-refractivity contribution in [3.8, 4) is 35.5 Å². The van der Waals surface area contributed by atoms with Crippen LogP contribution in [0.4, 0.5) is 0 Å². The second-order valence-electron chi connectivity index (χ2n) is 2.78. The fraction of sp³-hybridized carbons (Fsp3) is 0.200. The van der Waals surface area contributed by atoms with E-state index < -0.39 is 0 Å². The second kappa shape index (κ2) is 5.59. The molecular weight excluding hydrogens is 180 g/mol. The van der Waals surface area contributed by atoms with Gasteiger partial charge in [0, 0.05) is 11.1 Å². The van der Waals surface area contributed by atoms with Gasteiger partial charge >= 0.3 is 0 Å². The van der Waals surface area contributed by atoms with E-state index in [9.17, 15) is 0 Å². The predicted molar refractivity (Wildman–Crippen MR) is 62.9 cm³/mol. The van der Waals surface area contributed by atoms with Gasteiger partial charge in [0.2, 0.25) is 0 Å². The van der Waals surface area contributed by atoms with Crippen molar-refractivity contribution in [3.63, 3.8) is 0 Å². The summed E-state index contributed by atoms with van der Waals surface area (Å²) in [4.78, 5) is 0. The molecule has 0 unspecified atom stereocenters. The quantitative estimate of drug-likeness (QED) is 0.553. The van der Waals surface area contributed by atoms with Gasteiger partial charge in [-0.15, -0.1) is 17.8 Å². The summed E-state index contributed by atoms with van der Waals surface area (Å²) in [6.45, 7) is 5.42. The van der Waals surface area contributed by atoms with Gasteiger partial charge in [-0.05, 0) is 39.0 Å². The third-order valence-electron chi connectivity index (χ3n) is 1.76. The Morgan fingerprint density at radius 2 is 1.27 bits per heavy atom. The zero-order valence-corrected chi connectivity index (χ0v) is 9.15. The van der Waals surface area contributed by atoms with E-state index in [1.54, 1.807) is 13.8 Å². The lowest BCUT2D eigenvalue weighted by atomic mass is 10.0. The lowest BCUT2D eigenvalue weighted by Crippen LogP contribution is -1.89. The normalized spacial score (nSPS) is 7.40. The van der Waals surface area contributed by atoms with Gasteiger partial charge in [0.1, 0.15) is 0 Å². The molecule has 1 radical (unpaired) electrons. The summed E-state index contributed by atoms with van der Waals surface area (Å²) in [5, 5.41) is 0. The van der Waals surface area contributed by atoms with Crippen molar-refractivity contribution in [1.29, 1.82) is 0 Å². The average molecular weight is 191 g/mol. The Hall–Kier alpha value is -2.10. The van der Waals surface area contributed by atoms with Crippen molar-refractivity contribution in [2.75, 3.05) is 0 Å². The molecule has 0 N–H and O–H groups in total. The lowest BCUT2D eigenvalue weighted by Gasteiger charge is -1.99. The van der Waals surface area contributed by atoms with Gasteiger partial charge in [-0.1, -0.05) is 17.8 Å². The van der Waals surface area contributed by atoms with Crippen LogP contribution in [0.1, 0.15) is 37.5 Å². The number of rotatable bonds is 0. The minimum Gasteiger partial charge on any atom is -0.101 e. The van der Waals surface area contributed by atoms with Crippen LogP contribution in [0.3, 0.4) is 0 Å². The van der Waals surface area contributed by atoms with E-state index in [1.165, 1.54) is 0 Å². The highest BCUT2D eigenvalue weighted by Crippen LogP contribution is 2.11. The molecule has 1 aromatic rings. The molecule has 0 fully saturated rings. The van der Waals surface area contributed by atoms with Gasteiger partial charge < -0.3 is 0 Å². The maximum absolute atomic E-state index is 3.04. The Kier molecular flexibility index (Phi) is 4.09. The summed E-state index contributed by atoms with van der Waals surface area (Å²) in [5.74, 6) is 17.7. The van der Waals surface area contributed by atoms with E-state index in [0.717, 1.165) is 16.7 Å². The standard InChI is InChI=1S/C15H11/c1-4-8-13-11-7-12-14(9-5-2)15(13)10-6-3/h11-12H,1-3H3. The molecule has 15 heavy (non-hydrogen) atoms. The summed E-state index contributed by atoms with van der Waals surface area (Å²) in [7, 11) is 0. The van der Waals surface area contributed by atoms with Gasteiger partial charge in [0.15, 0.2) is 0 Å². The second-order valence-corrected chi connectivity index (χ2v) is 2.78. The first-order valence-corrected chi connectivity index (χ1v) is 4.65. The fourth-order valence-corrected chi connectivity index (χ4v) is 1.22. The van der Waals surface area contributed by atoms with Crippen molar-refractivity contribution >= 4 is 0 Å². The van der Waals surface area contributed by atoms with E-state index in [-0.39, 0.29) is 0 Å². The van der Waals surface area contributed by atoms with Crippen LogP contribution in [0.15, 0.2) is 12.1 Å². The van der Waals surface area contributed by atoms with Crippen molar-refractivity contribution in [2.45, 2.75) is 20.8 Å². The minimum absolute atomic E-state index is 0.895. The Morgan fingerprint density at radius 1 is 0.800 bits per heavy atom. The SMILES string of the molecule is CC#Cc1c[c]cc(C#CC)c1C#CC. The molecule has 0 aliphatic rings. The van der Waals surface area contributed by atoms with Crippen LogP contribution in [-0.4, -0.2) is 0 Å². The van der Waals surface area contributed by atoms with Crippen molar-refractivity contribution in [2.24, 2.45) is 0 Å². The average Bonchev–Trinajstić information content (AvgIpc) is 2.23. The number of hydrogen-bond donors (Lipinski definition) is 0. The molecule has 0 aliphatic carbocycles. The molecule has 1 aromatic carbocycles. The molecule has 0 spiro atoms. The van der Waals surface area contributed by atoms with Crippen LogP contribution in [0, 0.1) is 41.6 Å². The van der Waals surface area contributed by atoms with E-state index in [2.05, 4.69) is 41.6 Å². The first-order valence-electron chi connectivity index (χ1n) is 4.65. The Balaban J connectivity index is 3.47. The summed E-state index contributed by atoms with van der Waals surface area (Å²) in [6.07, 6.45) is 0. The molecule has 1 rings (SSSR count). The highest BCUT2D eigenvalue weighted by Gasteiger charge is 2.01. The van der Waals surface area contributed by atoms with Crippen LogP contribution >= 0.6 is 0 Å². The van der Waals surface area contributed by atoms with Crippen LogP contribution in [-0.2, 0) is 0 Å². The Labute approximate surface area is 91.7 Å². The highest BCUT2D eigenvalue weighted by atomic mass is 14.0. The first kappa shape index (κ1) is 11.0. The van der Waals surface area contributed by atoms with Crippen LogP contribution in [0.25, 0.3) is 0 Å². The van der Waals surface area contributed by atoms with Gasteiger partial charge in [-0.2, -0.15) is 0 Å². The molecular formula is C15H11. The van der Waals surface area contributed by atoms with Crippen molar-refractivity contribution in [3.05, 3.63) is 34.9 Å². The van der Waals surface area contributed by atoms with Crippen molar-refractivity contribution in [1.82, 2.24) is 0 Å². The van der Waals surface area contributed by atoms with Gasteiger partial charge in [0.05, 0.1) is 5.56 Å². The zero-order valence-electron chi connectivity index (χ0n) is 9.15. The van der Waals surface area contributed by atoms with E-state index in [0.29, 0.717) is 0 Å². The maximum atomic E-state index is 3.04. The molecule has 0 saturated carbocycles. The molecule has 0 bridgehead atoms. The minimum atomic E-state index is 0.895.